The number of hydrogen-bond acceptors (Lipinski definition) is 8. The zero-order valence-corrected chi connectivity index (χ0v) is 21.3. The molecular formula is C27H25FN2O5S. The van der Waals surface area contributed by atoms with E-state index in [1.807, 2.05) is 31.2 Å². The summed E-state index contributed by atoms with van der Waals surface area (Å²) in [5, 5.41) is 3.93. The van der Waals surface area contributed by atoms with Gasteiger partial charge in [-0.2, -0.15) is 0 Å². The smallest absolute Gasteiger partial charge is 0.204 e. The second-order valence-electron chi connectivity index (χ2n) is 7.73. The van der Waals surface area contributed by atoms with Crippen molar-refractivity contribution in [2.24, 2.45) is 0 Å². The van der Waals surface area contributed by atoms with Crippen molar-refractivity contribution in [3.05, 3.63) is 71.7 Å². The maximum atomic E-state index is 13.9. The number of nitrogens with one attached hydrogen (secondary N) is 1. The van der Waals surface area contributed by atoms with Crippen LogP contribution in [-0.4, -0.2) is 39.2 Å². The molecule has 1 aromatic heterocycles. The van der Waals surface area contributed by atoms with E-state index >= 15 is 0 Å². The van der Waals surface area contributed by atoms with E-state index < -0.39 is 5.82 Å². The minimum Gasteiger partial charge on any atom is -0.494 e. The molecule has 0 aliphatic carbocycles. The summed E-state index contributed by atoms with van der Waals surface area (Å²) in [6.45, 7) is 1.96. The molecule has 0 saturated heterocycles. The van der Waals surface area contributed by atoms with E-state index in [0.29, 0.717) is 17.2 Å². The summed E-state index contributed by atoms with van der Waals surface area (Å²) in [5.41, 5.74) is 3.71. The maximum Gasteiger partial charge on any atom is 0.204 e. The number of aromatic nitrogens is 1. The van der Waals surface area contributed by atoms with Crippen molar-refractivity contribution < 1.29 is 28.1 Å². The molecule has 0 saturated carbocycles. The van der Waals surface area contributed by atoms with Gasteiger partial charge in [-0.25, -0.2) is 9.37 Å². The van der Waals surface area contributed by atoms with Gasteiger partial charge in [-0.1, -0.05) is 0 Å². The maximum absolute atomic E-state index is 13.9. The Morgan fingerprint density at radius 2 is 1.69 bits per heavy atom. The zero-order chi connectivity index (χ0) is 25.8. The van der Waals surface area contributed by atoms with Crippen LogP contribution in [0.1, 0.15) is 15.9 Å². The molecule has 3 aromatic carbocycles. The van der Waals surface area contributed by atoms with Crippen molar-refractivity contribution in [2.45, 2.75) is 6.92 Å². The number of rotatable bonds is 9. The minimum absolute atomic E-state index is 0.0919. The molecule has 0 fully saturated rings. The Labute approximate surface area is 212 Å². The number of nitrogens with zero attached hydrogens (tertiary/aromatic N) is 1. The standard InChI is InChI=1S/C27H25FN2O5S/c1-15-12-17(27-30-20-14-23(33-3)24(34-4)25(35-5)26(20)36-27)6-8-19(15)29-11-10-21(31)16-7-9-22(32-2)18(28)13-16/h6-14,29H,1-5H3/b11-10-. The number of benzene rings is 3. The van der Waals surface area contributed by atoms with Crippen molar-refractivity contribution in [3.8, 4) is 33.6 Å². The number of thiazole rings is 1. The van der Waals surface area contributed by atoms with Gasteiger partial charge in [-0.05, 0) is 48.9 Å². The van der Waals surface area contributed by atoms with Gasteiger partial charge in [-0.15, -0.1) is 11.3 Å². The van der Waals surface area contributed by atoms with Crippen molar-refractivity contribution in [2.75, 3.05) is 33.8 Å². The molecule has 4 rings (SSSR count). The van der Waals surface area contributed by atoms with Crippen LogP contribution >= 0.6 is 11.3 Å². The molecule has 0 bridgehead atoms. The largest absolute Gasteiger partial charge is 0.494 e. The second-order valence-corrected chi connectivity index (χ2v) is 8.73. The van der Waals surface area contributed by atoms with Gasteiger partial charge in [0.1, 0.15) is 9.71 Å². The SMILES string of the molecule is COc1ccc(C(=O)/C=C\Nc2ccc(-c3nc4cc(OC)c(OC)c(OC)c4s3)cc2C)cc1F. The van der Waals surface area contributed by atoms with Crippen LogP contribution < -0.4 is 24.3 Å². The predicted octanol–water partition coefficient (Wildman–Crippen LogP) is 6.25. The summed E-state index contributed by atoms with van der Waals surface area (Å²) in [6.07, 6.45) is 2.89. The van der Waals surface area contributed by atoms with Gasteiger partial charge in [0.25, 0.3) is 0 Å². The van der Waals surface area contributed by atoms with Crippen LogP contribution in [0.2, 0.25) is 0 Å². The molecule has 36 heavy (non-hydrogen) atoms. The number of methoxy groups -OCH3 is 4. The first kappa shape index (κ1) is 25.0. The van der Waals surface area contributed by atoms with Crippen LogP contribution in [0, 0.1) is 12.7 Å². The van der Waals surface area contributed by atoms with Crippen LogP contribution in [-0.2, 0) is 0 Å². The first-order chi connectivity index (χ1) is 17.4. The highest BCUT2D eigenvalue weighted by Gasteiger charge is 2.20. The Morgan fingerprint density at radius 1 is 0.944 bits per heavy atom. The molecule has 0 aliphatic heterocycles. The molecule has 0 unspecified atom stereocenters. The first-order valence-electron chi connectivity index (χ1n) is 10.9. The molecule has 0 amide bonds. The third-order valence-corrected chi connectivity index (χ3v) is 6.69. The minimum atomic E-state index is -0.583. The van der Waals surface area contributed by atoms with Gasteiger partial charge in [0.05, 0.1) is 34.0 Å². The van der Waals surface area contributed by atoms with Crippen LogP contribution in [0.5, 0.6) is 23.0 Å². The van der Waals surface area contributed by atoms with Crippen molar-refractivity contribution in [1.29, 1.82) is 0 Å². The van der Waals surface area contributed by atoms with Gasteiger partial charge in [0, 0.05) is 35.2 Å². The molecule has 186 valence electrons. The van der Waals surface area contributed by atoms with Gasteiger partial charge in [-0.3, -0.25) is 4.79 Å². The van der Waals surface area contributed by atoms with Crippen molar-refractivity contribution in [3.63, 3.8) is 0 Å². The predicted molar refractivity (Wildman–Crippen MR) is 139 cm³/mol. The second kappa shape index (κ2) is 10.7. The van der Waals surface area contributed by atoms with E-state index in [0.717, 1.165) is 38.1 Å². The number of ketones is 1. The van der Waals surface area contributed by atoms with Gasteiger partial charge in [0.15, 0.2) is 28.8 Å². The number of carbonyl (C=O) groups excluding carboxylic acids is 1. The summed E-state index contributed by atoms with van der Waals surface area (Å²) in [7, 11) is 6.10. The Balaban J connectivity index is 1.55. The van der Waals surface area contributed by atoms with Gasteiger partial charge in [0.2, 0.25) is 5.75 Å². The first-order valence-corrected chi connectivity index (χ1v) is 11.7. The number of fused-ring (bicyclic) bond motifs is 1. The van der Waals surface area contributed by atoms with E-state index in [2.05, 4.69) is 5.32 Å². The molecule has 1 N–H and O–H groups in total. The summed E-state index contributed by atoms with van der Waals surface area (Å²) in [6, 6.07) is 11.8. The summed E-state index contributed by atoms with van der Waals surface area (Å²) in [4.78, 5) is 17.1. The lowest BCUT2D eigenvalue weighted by Crippen LogP contribution is -1.99. The van der Waals surface area contributed by atoms with Gasteiger partial charge < -0.3 is 24.3 Å². The Kier molecular flexibility index (Phi) is 7.40. The molecule has 4 aromatic rings. The van der Waals surface area contributed by atoms with E-state index in [9.17, 15) is 9.18 Å². The number of ether oxygens (including phenoxy) is 4. The Bertz CT molecular complexity index is 1460. The monoisotopic (exact) mass is 508 g/mol. The highest BCUT2D eigenvalue weighted by Crippen LogP contribution is 2.47. The molecular weight excluding hydrogens is 483 g/mol. The zero-order valence-electron chi connectivity index (χ0n) is 20.5. The van der Waals surface area contributed by atoms with E-state index in [4.69, 9.17) is 23.9 Å². The summed E-state index contributed by atoms with van der Waals surface area (Å²) in [5.74, 6) is 0.838. The number of hydrogen-bond donors (Lipinski definition) is 1. The third-order valence-electron chi connectivity index (χ3n) is 5.57. The molecule has 0 spiro atoms. The average Bonchev–Trinajstić information content (AvgIpc) is 3.32. The quantitative estimate of drug-likeness (QED) is 0.211. The van der Waals surface area contributed by atoms with Crippen LogP contribution in [0.15, 0.2) is 54.7 Å². The molecule has 0 atom stereocenters. The molecule has 7 nitrogen and oxygen atoms in total. The lowest BCUT2D eigenvalue weighted by Gasteiger charge is -2.11. The molecule has 0 radical (unpaired) electrons. The van der Waals surface area contributed by atoms with Crippen LogP contribution in [0.3, 0.4) is 0 Å². The highest BCUT2D eigenvalue weighted by atomic mass is 32.1. The van der Waals surface area contributed by atoms with Gasteiger partial charge >= 0.3 is 0 Å². The summed E-state index contributed by atoms with van der Waals surface area (Å²) < 4.78 is 36.1. The Hall–Kier alpha value is -4.11. The number of aryl methyl sites for hydroxylation is 1. The highest BCUT2D eigenvalue weighted by molar-refractivity contribution is 7.22. The molecule has 0 aliphatic rings. The van der Waals surface area contributed by atoms with Crippen molar-refractivity contribution >= 4 is 33.0 Å². The average molecular weight is 509 g/mol. The normalized spacial score (nSPS) is 11.1. The van der Waals surface area contributed by atoms with Crippen LogP contribution in [0.25, 0.3) is 20.8 Å². The fraction of sp³-hybridized carbons (Fsp3) is 0.185. The number of halogens is 1. The van der Waals surface area contributed by atoms with E-state index in [-0.39, 0.29) is 17.1 Å². The number of allylic oxidation sites excluding steroid dienone is 1. The summed E-state index contributed by atoms with van der Waals surface area (Å²) >= 11 is 1.50. The lowest BCUT2D eigenvalue weighted by molar-refractivity contribution is 0.104. The fourth-order valence-electron chi connectivity index (χ4n) is 3.73. The Morgan fingerprint density at radius 3 is 2.33 bits per heavy atom. The molecule has 9 heteroatoms. The van der Waals surface area contributed by atoms with E-state index in [1.165, 1.54) is 42.9 Å². The number of carbonyl (C=O) groups is 1. The van der Waals surface area contributed by atoms with Crippen molar-refractivity contribution in [1.82, 2.24) is 4.98 Å². The fourth-order valence-corrected chi connectivity index (χ4v) is 4.79. The topological polar surface area (TPSA) is 78.9 Å². The van der Waals surface area contributed by atoms with Crippen LogP contribution in [0.4, 0.5) is 10.1 Å². The number of anilines is 1. The molecule has 1 heterocycles. The van der Waals surface area contributed by atoms with E-state index in [1.54, 1.807) is 21.3 Å². The third kappa shape index (κ3) is 4.83. The lowest BCUT2D eigenvalue weighted by atomic mass is 10.1.